The fourth-order valence-corrected chi connectivity index (χ4v) is 2.44. The van der Waals surface area contributed by atoms with Crippen LogP contribution in [0.3, 0.4) is 0 Å². The van der Waals surface area contributed by atoms with Gasteiger partial charge in [-0.3, -0.25) is 9.69 Å². The lowest BCUT2D eigenvalue weighted by molar-refractivity contribution is -0.137. The average molecular weight is 277 g/mol. The molecule has 1 atom stereocenters. The molecule has 1 fully saturated rings. The maximum atomic E-state index is 10.5. The standard InChI is InChI=1S/C15H23N3O2/c16-14(5-6-15(19)20)13-3-1-12(2-4-13)11-18-9-7-17-8-10-18/h1-4,14,17H,5-11,16H2,(H,19,20). The number of piperazine rings is 1. The Balaban J connectivity index is 1.86. The predicted molar refractivity (Wildman–Crippen MR) is 78.4 cm³/mol. The van der Waals surface area contributed by atoms with Crippen LogP contribution in [-0.4, -0.2) is 42.2 Å². The summed E-state index contributed by atoms with van der Waals surface area (Å²) in [6.45, 7) is 5.24. The Hall–Kier alpha value is -1.43. The second kappa shape index (κ2) is 7.38. The summed E-state index contributed by atoms with van der Waals surface area (Å²) in [6, 6.07) is 8.03. The first-order valence-corrected chi connectivity index (χ1v) is 7.14. The number of nitrogens with one attached hydrogen (secondary N) is 1. The smallest absolute Gasteiger partial charge is 0.303 e. The van der Waals surface area contributed by atoms with Crippen LogP contribution in [0.4, 0.5) is 0 Å². The summed E-state index contributed by atoms with van der Waals surface area (Å²) in [5, 5.41) is 12.0. The number of hydrogen-bond donors (Lipinski definition) is 3. The Morgan fingerprint density at radius 1 is 1.30 bits per heavy atom. The fourth-order valence-electron chi connectivity index (χ4n) is 2.44. The molecule has 0 radical (unpaired) electrons. The van der Waals surface area contributed by atoms with Gasteiger partial charge in [0.15, 0.2) is 0 Å². The maximum Gasteiger partial charge on any atom is 0.303 e. The van der Waals surface area contributed by atoms with E-state index < -0.39 is 5.97 Å². The molecule has 1 aliphatic heterocycles. The van der Waals surface area contributed by atoms with Crippen molar-refractivity contribution >= 4 is 5.97 Å². The van der Waals surface area contributed by atoms with Crippen molar-refractivity contribution in [2.75, 3.05) is 26.2 Å². The van der Waals surface area contributed by atoms with Crippen molar-refractivity contribution in [3.8, 4) is 0 Å². The molecule has 1 unspecified atom stereocenters. The number of carbonyl (C=O) groups is 1. The van der Waals surface area contributed by atoms with Gasteiger partial charge in [-0.1, -0.05) is 24.3 Å². The molecule has 1 aromatic carbocycles. The van der Waals surface area contributed by atoms with Crippen LogP contribution in [0.1, 0.15) is 30.0 Å². The van der Waals surface area contributed by atoms with Gasteiger partial charge >= 0.3 is 5.97 Å². The molecule has 4 N–H and O–H groups in total. The highest BCUT2D eigenvalue weighted by atomic mass is 16.4. The molecule has 1 aromatic rings. The van der Waals surface area contributed by atoms with E-state index in [0.717, 1.165) is 38.3 Å². The van der Waals surface area contributed by atoms with Crippen molar-refractivity contribution in [3.05, 3.63) is 35.4 Å². The number of hydrogen-bond acceptors (Lipinski definition) is 4. The molecular weight excluding hydrogens is 254 g/mol. The quantitative estimate of drug-likeness (QED) is 0.722. The zero-order valence-electron chi connectivity index (χ0n) is 11.7. The van der Waals surface area contributed by atoms with Gasteiger partial charge < -0.3 is 16.2 Å². The SMILES string of the molecule is NC(CCC(=O)O)c1ccc(CN2CCNCC2)cc1. The van der Waals surface area contributed by atoms with Crippen molar-refractivity contribution in [1.29, 1.82) is 0 Å². The third-order valence-corrected chi connectivity index (χ3v) is 3.69. The second-order valence-electron chi connectivity index (χ2n) is 5.31. The third kappa shape index (κ3) is 4.59. The third-order valence-electron chi connectivity index (χ3n) is 3.69. The van der Waals surface area contributed by atoms with Crippen molar-refractivity contribution in [3.63, 3.8) is 0 Å². The Kier molecular flexibility index (Phi) is 5.52. The van der Waals surface area contributed by atoms with Crippen LogP contribution in [-0.2, 0) is 11.3 Å². The molecule has 110 valence electrons. The van der Waals surface area contributed by atoms with Crippen LogP contribution < -0.4 is 11.1 Å². The summed E-state index contributed by atoms with van der Waals surface area (Å²) < 4.78 is 0. The lowest BCUT2D eigenvalue weighted by atomic mass is 10.0. The first kappa shape index (κ1) is 15.0. The van der Waals surface area contributed by atoms with Crippen LogP contribution >= 0.6 is 0 Å². The number of nitrogens with zero attached hydrogens (tertiary/aromatic N) is 1. The van der Waals surface area contributed by atoms with Gasteiger partial charge in [-0.15, -0.1) is 0 Å². The van der Waals surface area contributed by atoms with Crippen LogP contribution in [0.25, 0.3) is 0 Å². The highest BCUT2D eigenvalue weighted by Gasteiger charge is 2.11. The Morgan fingerprint density at radius 2 is 1.95 bits per heavy atom. The minimum absolute atomic E-state index is 0.115. The summed E-state index contributed by atoms with van der Waals surface area (Å²) in [5.41, 5.74) is 8.28. The molecule has 0 aromatic heterocycles. The largest absolute Gasteiger partial charge is 0.481 e. The molecule has 1 heterocycles. The lowest BCUT2D eigenvalue weighted by Crippen LogP contribution is -2.42. The predicted octanol–water partition coefficient (Wildman–Crippen LogP) is 0.956. The summed E-state index contributed by atoms with van der Waals surface area (Å²) in [6.07, 6.45) is 0.593. The lowest BCUT2D eigenvalue weighted by Gasteiger charge is -2.27. The molecular formula is C15H23N3O2. The number of carboxylic acid groups (broad SMARTS) is 1. The van der Waals surface area contributed by atoms with Crippen LogP contribution in [0.15, 0.2) is 24.3 Å². The molecule has 1 saturated heterocycles. The first-order chi connectivity index (χ1) is 9.65. The van der Waals surface area contributed by atoms with E-state index >= 15 is 0 Å². The number of aliphatic carboxylic acids is 1. The van der Waals surface area contributed by atoms with Gasteiger partial charge in [-0.05, 0) is 17.5 Å². The van der Waals surface area contributed by atoms with Crippen molar-refractivity contribution < 1.29 is 9.90 Å². The van der Waals surface area contributed by atoms with Gasteiger partial charge in [0.2, 0.25) is 0 Å². The van der Waals surface area contributed by atoms with Crippen molar-refractivity contribution in [1.82, 2.24) is 10.2 Å². The summed E-state index contributed by atoms with van der Waals surface area (Å²) in [7, 11) is 0. The zero-order chi connectivity index (χ0) is 14.4. The molecule has 0 saturated carbocycles. The Bertz CT molecular complexity index is 427. The van der Waals surface area contributed by atoms with E-state index in [2.05, 4.69) is 22.3 Å². The minimum atomic E-state index is -0.796. The average Bonchev–Trinajstić information content (AvgIpc) is 2.46. The van der Waals surface area contributed by atoms with Crippen LogP contribution in [0, 0.1) is 0 Å². The number of rotatable bonds is 6. The summed E-state index contributed by atoms with van der Waals surface area (Å²) >= 11 is 0. The van der Waals surface area contributed by atoms with Gasteiger partial charge in [0.05, 0.1) is 0 Å². The van der Waals surface area contributed by atoms with Gasteiger partial charge in [-0.25, -0.2) is 0 Å². The van der Waals surface area contributed by atoms with E-state index in [-0.39, 0.29) is 12.5 Å². The van der Waals surface area contributed by atoms with E-state index in [1.807, 2.05) is 12.1 Å². The molecule has 5 heteroatoms. The van der Waals surface area contributed by atoms with Crippen LogP contribution in [0.2, 0.25) is 0 Å². The normalized spacial score (nSPS) is 17.9. The van der Waals surface area contributed by atoms with Crippen molar-refractivity contribution in [2.24, 2.45) is 5.73 Å². The topological polar surface area (TPSA) is 78.6 Å². The Labute approximate surface area is 119 Å². The number of benzene rings is 1. The Morgan fingerprint density at radius 3 is 2.55 bits per heavy atom. The van der Waals surface area contributed by atoms with Gasteiger partial charge in [0, 0.05) is 45.2 Å². The summed E-state index contributed by atoms with van der Waals surface area (Å²) in [4.78, 5) is 13.0. The van der Waals surface area contributed by atoms with Gasteiger partial charge in [-0.2, -0.15) is 0 Å². The van der Waals surface area contributed by atoms with Crippen LogP contribution in [0.5, 0.6) is 0 Å². The fraction of sp³-hybridized carbons (Fsp3) is 0.533. The minimum Gasteiger partial charge on any atom is -0.481 e. The van der Waals surface area contributed by atoms with E-state index in [4.69, 9.17) is 10.8 Å². The molecule has 5 nitrogen and oxygen atoms in total. The highest BCUT2D eigenvalue weighted by Crippen LogP contribution is 2.17. The molecule has 1 aliphatic rings. The summed E-state index contributed by atoms with van der Waals surface area (Å²) in [5.74, 6) is -0.796. The van der Waals surface area contributed by atoms with E-state index in [0.29, 0.717) is 6.42 Å². The maximum absolute atomic E-state index is 10.5. The molecule has 0 spiro atoms. The molecule has 0 bridgehead atoms. The number of carboxylic acids is 1. The van der Waals surface area contributed by atoms with Crippen molar-refractivity contribution in [2.45, 2.75) is 25.4 Å². The zero-order valence-corrected chi connectivity index (χ0v) is 11.7. The van der Waals surface area contributed by atoms with Gasteiger partial charge in [0.1, 0.15) is 0 Å². The molecule has 20 heavy (non-hydrogen) atoms. The van der Waals surface area contributed by atoms with E-state index in [1.165, 1.54) is 5.56 Å². The molecule has 2 rings (SSSR count). The molecule has 0 aliphatic carbocycles. The second-order valence-corrected chi connectivity index (χ2v) is 5.31. The highest BCUT2D eigenvalue weighted by molar-refractivity contribution is 5.66. The first-order valence-electron chi connectivity index (χ1n) is 7.14. The van der Waals surface area contributed by atoms with E-state index in [1.54, 1.807) is 0 Å². The molecule has 0 amide bonds. The number of nitrogens with two attached hydrogens (primary N) is 1. The monoisotopic (exact) mass is 277 g/mol. The van der Waals surface area contributed by atoms with E-state index in [9.17, 15) is 4.79 Å². The van der Waals surface area contributed by atoms with Gasteiger partial charge in [0.25, 0.3) is 0 Å².